The van der Waals surface area contributed by atoms with Crippen LogP contribution in [-0.2, 0) is 25.0 Å². The van der Waals surface area contributed by atoms with Crippen LogP contribution in [-0.4, -0.2) is 82.1 Å². The summed E-state index contributed by atoms with van der Waals surface area (Å²) < 4.78 is 59.5. The van der Waals surface area contributed by atoms with E-state index in [1.807, 2.05) is 0 Å². The van der Waals surface area contributed by atoms with E-state index in [1.54, 1.807) is 13.8 Å². The molecule has 1 aliphatic heterocycles. The number of methoxy groups -OCH3 is 1. The quantitative estimate of drug-likeness (QED) is 0.571. The lowest BCUT2D eigenvalue weighted by Crippen LogP contribution is -2.54. The third-order valence-electron chi connectivity index (χ3n) is 4.53. The average Bonchev–Trinajstić information content (AvgIpc) is 2.68. The minimum absolute atomic E-state index is 0.0123. The zero-order valence-electron chi connectivity index (χ0n) is 16.0. The van der Waals surface area contributed by atoms with Gasteiger partial charge in [-0.15, -0.1) is 0 Å². The van der Waals surface area contributed by atoms with Crippen LogP contribution in [0.2, 0.25) is 5.02 Å². The topological polar surface area (TPSA) is 104 Å². The molecule has 1 heterocycles. The molecule has 12 heteroatoms. The summed E-state index contributed by atoms with van der Waals surface area (Å²) in [7, 11) is -6.43. The number of ether oxygens (including phenoxy) is 1. The number of halogens is 1. The minimum atomic E-state index is -4.00. The normalized spacial score (nSPS) is 17.0. The molecule has 1 aromatic rings. The molecule has 0 N–H and O–H groups in total. The van der Waals surface area contributed by atoms with Crippen molar-refractivity contribution in [3.05, 3.63) is 28.8 Å². The van der Waals surface area contributed by atoms with Crippen LogP contribution in [0.5, 0.6) is 0 Å². The highest BCUT2D eigenvalue weighted by atomic mass is 35.5. The SMILES string of the molecule is CCN(CC)S(=O)(=O)N1CCN(S(=O)(=O)c2cc(C(=O)OC)ccc2Cl)CC1. The van der Waals surface area contributed by atoms with Crippen LogP contribution in [0.15, 0.2) is 23.1 Å². The Hall–Kier alpha value is -1.24. The molecule has 0 amide bonds. The lowest BCUT2D eigenvalue weighted by molar-refractivity contribution is 0.0600. The Bertz CT molecular complexity index is 924. The Kier molecular flexibility index (Phi) is 7.45. The highest BCUT2D eigenvalue weighted by molar-refractivity contribution is 7.89. The predicted molar refractivity (Wildman–Crippen MR) is 105 cm³/mol. The Morgan fingerprint density at radius 3 is 2.11 bits per heavy atom. The molecule has 0 unspecified atom stereocenters. The number of nitrogens with zero attached hydrogens (tertiary/aromatic N) is 3. The smallest absolute Gasteiger partial charge is 0.337 e. The van der Waals surface area contributed by atoms with Gasteiger partial charge in [0.05, 0.1) is 17.7 Å². The van der Waals surface area contributed by atoms with E-state index in [9.17, 15) is 21.6 Å². The Labute approximate surface area is 171 Å². The second kappa shape index (κ2) is 9.06. The van der Waals surface area contributed by atoms with E-state index in [1.165, 1.54) is 38.2 Å². The number of carbonyl (C=O) groups is 1. The van der Waals surface area contributed by atoms with Crippen molar-refractivity contribution in [3.63, 3.8) is 0 Å². The number of rotatable bonds is 7. The standard InChI is InChI=1S/C16H24ClN3O6S2/c1-4-18(5-2)28(24,25)20-10-8-19(9-11-20)27(22,23)15-12-13(16(21)26-3)6-7-14(15)17/h6-7,12H,4-5,8-11H2,1-3H3. The molecule has 1 aliphatic rings. The summed E-state index contributed by atoms with van der Waals surface area (Å²) in [5, 5.41) is -0.0224. The van der Waals surface area contributed by atoms with Gasteiger partial charge in [0, 0.05) is 39.3 Å². The number of hydrogen-bond acceptors (Lipinski definition) is 6. The molecule has 28 heavy (non-hydrogen) atoms. The van der Waals surface area contributed by atoms with E-state index in [4.69, 9.17) is 11.6 Å². The van der Waals surface area contributed by atoms with Crippen LogP contribution < -0.4 is 0 Å². The molecule has 9 nitrogen and oxygen atoms in total. The van der Waals surface area contributed by atoms with Crippen molar-refractivity contribution >= 4 is 37.8 Å². The van der Waals surface area contributed by atoms with Gasteiger partial charge >= 0.3 is 5.97 Å². The molecular formula is C16H24ClN3O6S2. The first kappa shape index (κ1) is 23.0. The first-order chi connectivity index (χ1) is 13.1. The fourth-order valence-corrected chi connectivity index (χ4v) is 6.47. The molecule has 0 saturated carbocycles. The lowest BCUT2D eigenvalue weighted by atomic mass is 10.2. The van der Waals surface area contributed by atoms with Crippen LogP contribution in [0.1, 0.15) is 24.2 Å². The summed E-state index contributed by atoms with van der Waals surface area (Å²) >= 11 is 6.06. The summed E-state index contributed by atoms with van der Waals surface area (Å²) in [5.74, 6) is -0.678. The van der Waals surface area contributed by atoms with Crippen molar-refractivity contribution in [2.75, 3.05) is 46.4 Å². The second-order valence-corrected chi connectivity index (χ2v) is 10.3. The zero-order valence-corrected chi connectivity index (χ0v) is 18.3. The molecule has 0 radical (unpaired) electrons. The number of esters is 1. The molecule has 1 saturated heterocycles. The molecule has 0 spiro atoms. The minimum Gasteiger partial charge on any atom is -0.465 e. The first-order valence-corrected chi connectivity index (χ1v) is 11.9. The van der Waals surface area contributed by atoms with E-state index >= 15 is 0 Å². The molecule has 0 aromatic heterocycles. The summed E-state index contributed by atoms with van der Waals surface area (Å²) in [6.07, 6.45) is 0. The van der Waals surface area contributed by atoms with Crippen molar-refractivity contribution in [3.8, 4) is 0 Å². The van der Waals surface area contributed by atoms with Crippen molar-refractivity contribution in [2.24, 2.45) is 0 Å². The van der Waals surface area contributed by atoms with Gasteiger partial charge in [0.1, 0.15) is 4.90 Å². The van der Waals surface area contributed by atoms with Crippen LogP contribution in [0.4, 0.5) is 0 Å². The summed E-state index contributed by atoms with van der Waals surface area (Å²) in [6, 6.07) is 3.87. The van der Waals surface area contributed by atoms with Crippen LogP contribution in [0.25, 0.3) is 0 Å². The highest BCUT2D eigenvalue weighted by Crippen LogP contribution is 2.27. The van der Waals surface area contributed by atoms with Gasteiger partial charge in [0.25, 0.3) is 10.2 Å². The van der Waals surface area contributed by atoms with Gasteiger partial charge in [-0.3, -0.25) is 0 Å². The first-order valence-electron chi connectivity index (χ1n) is 8.72. The van der Waals surface area contributed by atoms with E-state index in [2.05, 4.69) is 4.74 Å². The van der Waals surface area contributed by atoms with Gasteiger partial charge < -0.3 is 4.74 Å². The van der Waals surface area contributed by atoms with Crippen LogP contribution >= 0.6 is 11.6 Å². The summed E-state index contributed by atoms with van der Waals surface area (Å²) in [5.41, 5.74) is 0.0632. The molecule has 0 aliphatic carbocycles. The summed E-state index contributed by atoms with van der Waals surface area (Å²) in [6.45, 7) is 4.22. The van der Waals surface area contributed by atoms with Crippen molar-refractivity contribution < 1.29 is 26.4 Å². The van der Waals surface area contributed by atoms with Crippen molar-refractivity contribution in [2.45, 2.75) is 18.7 Å². The number of carbonyl (C=O) groups excluding carboxylic acids is 1. The maximum atomic E-state index is 13.0. The molecule has 0 bridgehead atoms. The Morgan fingerprint density at radius 2 is 1.61 bits per heavy atom. The fraction of sp³-hybridized carbons (Fsp3) is 0.562. The van der Waals surface area contributed by atoms with Gasteiger partial charge in [0.2, 0.25) is 10.0 Å². The van der Waals surface area contributed by atoms with Gasteiger partial charge in [-0.05, 0) is 18.2 Å². The average molecular weight is 454 g/mol. The molecule has 158 valence electrons. The number of hydrogen-bond donors (Lipinski definition) is 0. The van der Waals surface area contributed by atoms with Gasteiger partial charge in [-0.25, -0.2) is 13.2 Å². The molecular weight excluding hydrogens is 430 g/mol. The van der Waals surface area contributed by atoms with Crippen LogP contribution in [0.3, 0.4) is 0 Å². The predicted octanol–water partition coefficient (Wildman–Crippen LogP) is 1.02. The van der Waals surface area contributed by atoms with Crippen molar-refractivity contribution in [1.29, 1.82) is 0 Å². The molecule has 1 aromatic carbocycles. The molecule has 1 fully saturated rings. The highest BCUT2D eigenvalue weighted by Gasteiger charge is 2.36. The van der Waals surface area contributed by atoms with Gasteiger partial charge in [-0.1, -0.05) is 25.4 Å². The third-order valence-corrected chi connectivity index (χ3v) is 9.09. The zero-order chi connectivity index (χ0) is 21.1. The van der Waals surface area contributed by atoms with E-state index < -0.39 is 26.2 Å². The Morgan fingerprint density at radius 1 is 1.07 bits per heavy atom. The monoisotopic (exact) mass is 453 g/mol. The maximum absolute atomic E-state index is 13.0. The van der Waals surface area contributed by atoms with Crippen molar-refractivity contribution in [1.82, 2.24) is 12.9 Å². The molecule has 2 rings (SSSR count). The largest absolute Gasteiger partial charge is 0.465 e. The van der Waals surface area contributed by atoms with Gasteiger partial charge in [0.15, 0.2) is 0 Å². The fourth-order valence-electron chi connectivity index (χ4n) is 2.94. The lowest BCUT2D eigenvalue weighted by Gasteiger charge is -2.35. The second-order valence-electron chi connectivity index (χ2n) is 6.03. The Balaban J connectivity index is 2.23. The van der Waals surface area contributed by atoms with E-state index in [-0.39, 0.29) is 41.7 Å². The number of piperazine rings is 1. The maximum Gasteiger partial charge on any atom is 0.337 e. The van der Waals surface area contributed by atoms with Gasteiger partial charge in [-0.2, -0.15) is 21.3 Å². The van der Waals surface area contributed by atoms with E-state index in [0.29, 0.717) is 13.1 Å². The number of benzene rings is 1. The van der Waals surface area contributed by atoms with Crippen LogP contribution in [0, 0.1) is 0 Å². The third kappa shape index (κ3) is 4.50. The molecule has 0 atom stereocenters. The summed E-state index contributed by atoms with van der Waals surface area (Å²) in [4.78, 5) is 11.5. The van der Waals surface area contributed by atoms with E-state index in [0.717, 1.165) is 0 Å². The number of sulfonamides is 1.